The standard InChI is InChI=1S/C85H164N6O4/c1-6-10-14-18-22-34-49-63-79(67-53-38-26-30-42-57-71-86-5)80(64-50-35-23-19-15-11-7-2)68-54-39-27-31-43-58-72-87-83(92)89-75-76-90-84(93)88-73-59-44-32-28-40-55-69-81(65-51-36-24-20-16-12-8-3)82(66-52-37-25-21-17-13-9-4)70-56-41-29-33-45-60-74-91-85(94)95-77-78-61-47-46-48-62-78/h46-48,61-62,79-82,86H,6-45,49-60,63-77H2,1-5H3,(H,91,94)(H2,87,89,92)(H2,88,90,93). The minimum atomic E-state index is -0.316. The molecule has 0 radical (unpaired) electrons. The van der Waals surface area contributed by atoms with E-state index in [9.17, 15) is 14.4 Å². The van der Waals surface area contributed by atoms with Crippen molar-refractivity contribution in [2.24, 2.45) is 23.7 Å². The molecule has 0 aliphatic rings. The second-order valence-corrected chi connectivity index (χ2v) is 29.8. The number of benzene rings is 1. The lowest BCUT2D eigenvalue weighted by molar-refractivity contribution is 0.139. The number of nitrogens with one attached hydrogen (secondary N) is 6. The van der Waals surface area contributed by atoms with E-state index in [1.165, 1.54) is 353 Å². The number of alkyl carbamates (subject to hydrolysis) is 1. The SMILES string of the molecule is CCCCCCCCCC(CCCCCCCCNC)C(CCCCCCCCC)CCCCCCCCNC(=O)NCCNC(=O)NCCCCCCCCC(CCCCCCCCC)C(CCCCCCCCC)CCCCCCCCNC(=O)OCc1ccccc1. The first-order valence-corrected chi connectivity index (χ1v) is 42.5. The summed E-state index contributed by atoms with van der Waals surface area (Å²) >= 11 is 0. The first-order chi connectivity index (χ1) is 46.9. The molecule has 1 aromatic carbocycles. The van der Waals surface area contributed by atoms with Crippen molar-refractivity contribution < 1.29 is 19.1 Å². The van der Waals surface area contributed by atoms with Crippen LogP contribution in [0.15, 0.2) is 30.3 Å². The third-order valence-corrected chi connectivity index (χ3v) is 21.1. The van der Waals surface area contributed by atoms with Gasteiger partial charge in [-0.2, -0.15) is 0 Å². The highest BCUT2D eigenvalue weighted by Crippen LogP contribution is 2.36. The second-order valence-electron chi connectivity index (χ2n) is 29.8. The van der Waals surface area contributed by atoms with E-state index in [1.54, 1.807) is 0 Å². The van der Waals surface area contributed by atoms with Gasteiger partial charge < -0.3 is 36.6 Å². The Labute approximate surface area is 591 Å². The van der Waals surface area contributed by atoms with Crippen LogP contribution in [-0.4, -0.2) is 64.5 Å². The van der Waals surface area contributed by atoms with E-state index in [-0.39, 0.29) is 18.2 Å². The number of carbonyl (C=O) groups excluding carboxylic acids is 3. The fourth-order valence-electron chi connectivity index (χ4n) is 14.9. The Balaban J connectivity index is 2.42. The molecule has 0 aliphatic carbocycles. The van der Waals surface area contributed by atoms with Crippen LogP contribution in [0.5, 0.6) is 0 Å². The zero-order valence-corrected chi connectivity index (χ0v) is 64.2. The highest BCUT2D eigenvalue weighted by atomic mass is 16.5. The number of hydrogen-bond acceptors (Lipinski definition) is 5. The molecule has 0 aromatic heterocycles. The summed E-state index contributed by atoms with van der Waals surface area (Å²) in [5, 5.41) is 18.2. The van der Waals surface area contributed by atoms with Crippen LogP contribution < -0.4 is 31.9 Å². The van der Waals surface area contributed by atoms with Crippen molar-refractivity contribution in [1.29, 1.82) is 0 Å². The molecule has 0 spiro atoms. The highest BCUT2D eigenvalue weighted by molar-refractivity contribution is 5.75. The third kappa shape index (κ3) is 62.9. The maximum Gasteiger partial charge on any atom is 0.407 e. The van der Waals surface area contributed by atoms with Crippen LogP contribution in [-0.2, 0) is 11.3 Å². The van der Waals surface area contributed by atoms with Crippen molar-refractivity contribution in [1.82, 2.24) is 31.9 Å². The Morgan fingerprint density at radius 2 is 0.495 bits per heavy atom. The lowest BCUT2D eigenvalue weighted by Crippen LogP contribution is -2.43. The molecule has 0 fully saturated rings. The second kappa shape index (κ2) is 73.7. The molecule has 1 aromatic rings. The number of rotatable bonds is 75. The van der Waals surface area contributed by atoms with Gasteiger partial charge in [-0.15, -0.1) is 0 Å². The molecule has 6 N–H and O–H groups in total. The topological polar surface area (TPSA) is 133 Å². The van der Waals surface area contributed by atoms with Gasteiger partial charge in [-0.25, -0.2) is 14.4 Å². The van der Waals surface area contributed by atoms with Crippen LogP contribution in [0.1, 0.15) is 419 Å². The van der Waals surface area contributed by atoms with Gasteiger partial charge in [0, 0.05) is 32.7 Å². The van der Waals surface area contributed by atoms with E-state index in [2.05, 4.69) is 66.6 Å². The van der Waals surface area contributed by atoms with Gasteiger partial charge in [-0.1, -0.05) is 418 Å². The van der Waals surface area contributed by atoms with Gasteiger partial charge in [0.25, 0.3) is 0 Å². The molecule has 4 unspecified atom stereocenters. The zero-order chi connectivity index (χ0) is 68.5. The monoisotopic (exact) mass is 1330 g/mol. The molecule has 95 heavy (non-hydrogen) atoms. The number of carbonyl (C=O) groups is 3. The average molecular weight is 1330 g/mol. The molecular formula is C85H164N6O4. The molecule has 5 amide bonds. The largest absolute Gasteiger partial charge is 0.445 e. The summed E-state index contributed by atoms with van der Waals surface area (Å²) in [4.78, 5) is 37.3. The molecule has 0 saturated carbocycles. The molecule has 0 bridgehead atoms. The average Bonchev–Trinajstić information content (AvgIpc) is 2.20. The lowest BCUT2D eigenvalue weighted by atomic mass is 9.78. The molecule has 558 valence electrons. The van der Waals surface area contributed by atoms with Gasteiger partial charge in [0.05, 0.1) is 0 Å². The quantitative estimate of drug-likeness (QED) is 0.0362. The molecular weight excluding hydrogens is 1170 g/mol. The number of unbranched alkanes of at least 4 members (excludes halogenated alkanes) is 44. The molecule has 10 heteroatoms. The fourth-order valence-corrected chi connectivity index (χ4v) is 14.9. The number of urea groups is 2. The predicted octanol–water partition coefficient (Wildman–Crippen LogP) is 25.7. The van der Waals surface area contributed by atoms with E-state index in [0.29, 0.717) is 39.3 Å². The van der Waals surface area contributed by atoms with Gasteiger partial charge in [0.15, 0.2) is 0 Å². The Hall–Kier alpha value is -3.01. The molecule has 1 rings (SSSR count). The number of ether oxygens (including phenoxy) is 1. The number of hydrogen-bond donors (Lipinski definition) is 6. The Morgan fingerprint density at radius 1 is 0.274 bits per heavy atom. The Bertz CT molecular complexity index is 1720. The van der Waals surface area contributed by atoms with Crippen molar-refractivity contribution in [3.05, 3.63) is 35.9 Å². The van der Waals surface area contributed by atoms with Gasteiger partial charge in [0.2, 0.25) is 0 Å². The maximum absolute atomic E-state index is 12.6. The Morgan fingerprint density at radius 3 is 0.758 bits per heavy atom. The molecule has 10 nitrogen and oxygen atoms in total. The van der Waals surface area contributed by atoms with Gasteiger partial charge in [0.1, 0.15) is 6.61 Å². The van der Waals surface area contributed by atoms with Crippen molar-refractivity contribution in [3.63, 3.8) is 0 Å². The molecule has 0 aliphatic heterocycles. The summed E-state index contributed by atoms with van der Waals surface area (Å²) in [6, 6.07) is 9.60. The van der Waals surface area contributed by atoms with Crippen LogP contribution in [0, 0.1) is 23.7 Å². The summed E-state index contributed by atoms with van der Waals surface area (Å²) < 4.78 is 5.39. The summed E-state index contributed by atoms with van der Waals surface area (Å²) in [5.74, 6) is 3.58. The van der Waals surface area contributed by atoms with E-state index in [0.717, 1.165) is 67.9 Å². The first kappa shape index (κ1) is 90.0. The van der Waals surface area contributed by atoms with Crippen molar-refractivity contribution in [3.8, 4) is 0 Å². The molecule has 4 atom stereocenters. The number of amides is 5. The van der Waals surface area contributed by atoms with E-state index >= 15 is 0 Å². The summed E-state index contributed by atoms with van der Waals surface area (Å²) in [6.45, 7) is 13.7. The van der Waals surface area contributed by atoms with Gasteiger partial charge in [-0.05, 0) is 68.5 Å². The summed E-state index contributed by atoms with van der Waals surface area (Å²) in [5.41, 5.74) is 1.01. The highest BCUT2D eigenvalue weighted by Gasteiger charge is 2.23. The van der Waals surface area contributed by atoms with Crippen LogP contribution in [0.25, 0.3) is 0 Å². The summed E-state index contributed by atoms with van der Waals surface area (Å²) in [7, 11) is 2.08. The predicted molar refractivity (Wildman–Crippen MR) is 415 cm³/mol. The van der Waals surface area contributed by atoms with Crippen molar-refractivity contribution >= 4 is 18.2 Å². The van der Waals surface area contributed by atoms with Crippen LogP contribution >= 0.6 is 0 Å². The third-order valence-electron chi connectivity index (χ3n) is 21.1. The minimum Gasteiger partial charge on any atom is -0.445 e. The van der Waals surface area contributed by atoms with E-state index in [4.69, 9.17) is 4.74 Å². The van der Waals surface area contributed by atoms with Crippen LogP contribution in [0.4, 0.5) is 14.4 Å². The maximum atomic E-state index is 12.6. The van der Waals surface area contributed by atoms with E-state index in [1.807, 2.05) is 30.3 Å². The van der Waals surface area contributed by atoms with Gasteiger partial charge in [-0.3, -0.25) is 0 Å². The Kier molecular flexibility index (Phi) is 69.8. The molecule has 0 heterocycles. The molecule has 0 saturated heterocycles. The van der Waals surface area contributed by atoms with Crippen molar-refractivity contribution in [2.75, 3.05) is 46.3 Å². The minimum absolute atomic E-state index is 0.136. The summed E-state index contributed by atoms with van der Waals surface area (Å²) in [6.07, 6.45) is 81.1. The van der Waals surface area contributed by atoms with Crippen LogP contribution in [0.2, 0.25) is 0 Å². The smallest absolute Gasteiger partial charge is 0.407 e. The first-order valence-electron chi connectivity index (χ1n) is 42.5. The zero-order valence-electron chi connectivity index (χ0n) is 64.2. The lowest BCUT2D eigenvalue weighted by Gasteiger charge is -2.28. The van der Waals surface area contributed by atoms with E-state index < -0.39 is 0 Å². The van der Waals surface area contributed by atoms with Crippen LogP contribution in [0.3, 0.4) is 0 Å². The fraction of sp³-hybridized carbons (Fsp3) is 0.894. The normalized spacial score (nSPS) is 12.8. The van der Waals surface area contributed by atoms with Crippen molar-refractivity contribution in [2.45, 2.75) is 420 Å². The van der Waals surface area contributed by atoms with Gasteiger partial charge >= 0.3 is 18.2 Å².